The van der Waals surface area contributed by atoms with Crippen molar-refractivity contribution in [1.29, 1.82) is 0 Å². The molecular weight excluding hydrogens is 516 g/mol. The van der Waals surface area contributed by atoms with E-state index in [4.69, 9.17) is 18.9 Å². The van der Waals surface area contributed by atoms with Crippen LogP contribution in [0.5, 0.6) is 0 Å². The maximum Gasteiger partial charge on any atom is 0.167 e. The van der Waals surface area contributed by atoms with Gasteiger partial charge < -0.3 is 24.1 Å². The van der Waals surface area contributed by atoms with Crippen LogP contribution in [0.25, 0.3) is 0 Å². The summed E-state index contributed by atoms with van der Waals surface area (Å²) in [7, 11) is 0. The second-order valence-corrected chi connectivity index (χ2v) is 10.4. The Hall–Kier alpha value is -3.65. The van der Waals surface area contributed by atoms with Crippen LogP contribution in [0.2, 0.25) is 0 Å². The number of ether oxygens (including phenoxy) is 4. The van der Waals surface area contributed by atoms with Gasteiger partial charge in [-0.1, -0.05) is 121 Å². The smallest absolute Gasteiger partial charge is 0.167 e. The number of benzene rings is 4. The molecule has 4 aromatic carbocycles. The first-order valence-electron chi connectivity index (χ1n) is 13.9. The Morgan fingerprint density at radius 3 is 1.49 bits per heavy atom. The molecule has 1 aliphatic rings. The van der Waals surface area contributed by atoms with Crippen LogP contribution in [0.15, 0.2) is 121 Å². The third kappa shape index (κ3) is 7.97. The number of ketones is 1. The molecule has 0 bridgehead atoms. The van der Waals surface area contributed by atoms with Gasteiger partial charge in [0.25, 0.3) is 0 Å². The summed E-state index contributed by atoms with van der Waals surface area (Å²) in [6.07, 6.45) is -2.85. The predicted molar refractivity (Wildman–Crippen MR) is 156 cm³/mol. The maximum atomic E-state index is 13.6. The third-order valence-corrected chi connectivity index (χ3v) is 7.22. The van der Waals surface area contributed by atoms with Crippen LogP contribution < -0.4 is 0 Å². The van der Waals surface area contributed by atoms with E-state index in [-0.39, 0.29) is 38.6 Å². The summed E-state index contributed by atoms with van der Waals surface area (Å²) in [5, 5.41) is 12.0. The summed E-state index contributed by atoms with van der Waals surface area (Å²) < 4.78 is 25.1. The van der Waals surface area contributed by atoms with Crippen LogP contribution in [0, 0.1) is 0 Å². The van der Waals surface area contributed by atoms with Gasteiger partial charge in [-0.25, -0.2) is 0 Å². The van der Waals surface area contributed by atoms with E-state index in [0.717, 1.165) is 22.3 Å². The number of rotatable bonds is 13. The Kier molecular flexibility index (Phi) is 10.1. The molecule has 0 aromatic heterocycles. The lowest BCUT2D eigenvalue weighted by Gasteiger charge is -2.46. The van der Waals surface area contributed by atoms with Gasteiger partial charge in [0, 0.05) is 6.42 Å². The molecule has 6 nitrogen and oxygen atoms in total. The van der Waals surface area contributed by atoms with Crippen LogP contribution in [0.4, 0.5) is 0 Å². The first kappa shape index (κ1) is 28.9. The van der Waals surface area contributed by atoms with Crippen molar-refractivity contribution in [3.05, 3.63) is 144 Å². The highest BCUT2D eigenvalue weighted by atomic mass is 16.6. The molecule has 1 aliphatic carbocycles. The van der Waals surface area contributed by atoms with Crippen LogP contribution in [0.3, 0.4) is 0 Å². The van der Waals surface area contributed by atoms with Crippen LogP contribution in [-0.4, -0.2) is 41.4 Å². The highest BCUT2D eigenvalue weighted by Crippen LogP contribution is 2.35. The Balaban J connectivity index is 1.40. The first-order valence-corrected chi connectivity index (χ1v) is 13.9. The van der Waals surface area contributed by atoms with Crippen molar-refractivity contribution in [2.75, 3.05) is 6.61 Å². The molecule has 0 aliphatic heterocycles. The molecule has 0 saturated heterocycles. The topological polar surface area (TPSA) is 74.2 Å². The van der Waals surface area contributed by atoms with Gasteiger partial charge >= 0.3 is 0 Å². The number of hydrogen-bond acceptors (Lipinski definition) is 6. The first-order chi connectivity index (χ1) is 20.1. The van der Waals surface area contributed by atoms with Crippen molar-refractivity contribution in [3.63, 3.8) is 0 Å². The van der Waals surface area contributed by atoms with Crippen molar-refractivity contribution in [2.45, 2.75) is 56.8 Å². The molecule has 1 N–H and O–H groups in total. The Labute approximate surface area is 241 Å². The fraction of sp³-hybridized carbons (Fsp3) is 0.286. The Morgan fingerprint density at radius 1 is 0.585 bits per heavy atom. The van der Waals surface area contributed by atoms with Gasteiger partial charge in [-0.3, -0.25) is 4.79 Å². The Bertz CT molecular complexity index is 1330. The van der Waals surface area contributed by atoms with Gasteiger partial charge in [-0.15, -0.1) is 0 Å². The average molecular weight is 553 g/mol. The molecule has 0 heterocycles. The highest BCUT2D eigenvalue weighted by Gasteiger charge is 2.55. The van der Waals surface area contributed by atoms with E-state index in [1.165, 1.54) is 0 Å². The molecule has 1 fully saturated rings. The quantitative estimate of drug-likeness (QED) is 0.231. The molecule has 212 valence electrons. The molecule has 4 atom stereocenters. The van der Waals surface area contributed by atoms with Crippen molar-refractivity contribution >= 4 is 5.78 Å². The van der Waals surface area contributed by atoms with Crippen LogP contribution in [0.1, 0.15) is 28.7 Å². The highest BCUT2D eigenvalue weighted by molar-refractivity contribution is 5.86. The number of carbonyl (C=O) groups is 1. The molecule has 6 heteroatoms. The van der Waals surface area contributed by atoms with Gasteiger partial charge in [0.1, 0.15) is 23.9 Å². The normalized spacial score (nSPS) is 22.5. The van der Waals surface area contributed by atoms with Gasteiger partial charge in [0.05, 0.1) is 33.0 Å². The van der Waals surface area contributed by atoms with E-state index >= 15 is 0 Å². The summed E-state index contributed by atoms with van der Waals surface area (Å²) in [4.78, 5) is 13.6. The van der Waals surface area contributed by atoms with Crippen molar-refractivity contribution in [1.82, 2.24) is 0 Å². The van der Waals surface area contributed by atoms with Gasteiger partial charge in [-0.05, 0) is 22.3 Å². The molecule has 1 saturated carbocycles. The van der Waals surface area contributed by atoms with E-state index in [9.17, 15) is 9.90 Å². The SMILES string of the molecule is O=C1C[C@](O)(COCc2ccccc2)[C@@H](OCc2ccccc2)C(OCc2ccccc2)[C@@H]1OCc1ccccc1. The van der Waals surface area contributed by atoms with Crippen LogP contribution in [-0.2, 0) is 50.2 Å². The standard InChI is InChI=1S/C35H36O6/c36-31-21-35(37,26-38-22-27-13-5-1-6-14-27)34(41-25-30-19-11-4-12-20-30)33(40-24-29-17-9-3-10-18-29)32(31)39-23-28-15-7-2-8-16-28/h1-20,32-34,37H,21-26H2/t32-,33?,34+,35+/m1/s1. The van der Waals surface area contributed by atoms with E-state index in [1.807, 2.05) is 121 Å². The largest absolute Gasteiger partial charge is 0.384 e. The molecule has 0 radical (unpaired) electrons. The zero-order valence-corrected chi connectivity index (χ0v) is 23.0. The summed E-state index contributed by atoms with van der Waals surface area (Å²) in [6, 6.07) is 38.9. The Morgan fingerprint density at radius 2 is 1.00 bits per heavy atom. The monoisotopic (exact) mass is 552 g/mol. The van der Waals surface area contributed by atoms with Crippen molar-refractivity contribution in [3.8, 4) is 0 Å². The lowest BCUT2D eigenvalue weighted by molar-refractivity contribution is -0.240. The molecule has 41 heavy (non-hydrogen) atoms. The molecule has 1 unspecified atom stereocenters. The number of Topliss-reactive ketones (excluding diaryl/α,β-unsaturated/α-hetero) is 1. The lowest BCUT2D eigenvalue weighted by Crippen LogP contribution is -2.65. The second-order valence-electron chi connectivity index (χ2n) is 10.4. The van der Waals surface area contributed by atoms with E-state index in [2.05, 4.69) is 0 Å². The molecular formula is C35H36O6. The average Bonchev–Trinajstić information content (AvgIpc) is 3.01. The van der Waals surface area contributed by atoms with Crippen molar-refractivity contribution in [2.24, 2.45) is 0 Å². The minimum Gasteiger partial charge on any atom is -0.384 e. The number of carbonyl (C=O) groups excluding carboxylic acids is 1. The van der Waals surface area contributed by atoms with Gasteiger partial charge in [-0.2, -0.15) is 0 Å². The van der Waals surface area contributed by atoms with E-state index in [0.29, 0.717) is 6.61 Å². The van der Waals surface area contributed by atoms with Gasteiger partial charge in [0.2, 0.25) is 0 Å². The second kappa shape index (κ2) is 14.3. The number of aliphatic hydroxyl groups is 1. The summed E-state index contributed by atoms with van der Waals surface area (Å²) in [6.45, 7) is 0.903. The summed E-state index contributed by atoms with van der Waals surface area (Å²) in [5.74, 6) is -0.246. The van der Waals surface area contributed by atoms with Gasteiger partial charge in [0.15, 0.2) is 5.78 Å². The van der Waals surface area contributed by atoms with Crippen LogP contribution >= 0.6 is 0 Å². The molecule has 0 amide bonds. The number of hydrogen-bond donors (Lipinski definition) is 1. The van der Waals surface area contributed by atoms with Crippen molar-refractivity contribution < 1.29 is 28.8 Å². The summed E-state index contributed by atoms with van der Waals surface area (Å²) >= 11 is 0. The zero-order chi connectivity index (χ0) is 28.3. The molecule has 0 spiro atoms. The third-order valence-electron chi connectivity index (χ3n) is 7.22. The van der Waals surface area contributed by atoms with E-state index in [1.54, 1.807) is 0 Å². The fourth-order valence-corrected chi connectivity index (χ4v) is 5.10. The molecule has 5 rings (SSSR count). The minimum absolute atomic E-state index is 0.0936. The minimum atomic E-state index is -1.62. The zero-order valence-electron chi connectivity index (χ0n) is 23.0. The predicted octanol–water partition coefficient (Wildman–Crippen LogP) is 5.66. The fourth-order valence-electron chi connectivity index (χ4n) is 5.10. The summed E-state index contributed by atoms with van der Waals surface area (Å²) in [5.41, 5.74) is 2.18. The van der Waals surface area contributed by atoms with E-state index < -0.39 is 23.9 Å². The maximum absolute atomic E-state index is 13.6. The lowest BCUT2D eigenvalue weighted by atomic mass is 9.78. The molecule has 4 aromatic rings.